The third kappa shape index (κ3) is 5.77. The zero-order valence-electron chi connectivity index (χ0n) is 10.7. The van der Waals surface area contributed by atoms with E-state index in [1.165, 1.54) is 12.1 Å². The highest BCUT2D eigenvalue weighted by atomic mass is 79.9. The van der Waals surface area contributed by atoms with E-state index < -0.39 is 17.5 Å². The van der Waals surface area contributed by atoms with Crippen LogP contribution >= 0.6 is 15.9 Å². The maximum Gasteiger partial charge on any atom is 0.389 e. The molecule has 0 heterocycles. The Morgan fingerprint density at radius 1 is 1.45 bits per heavy atom. The van der Waals surface area contributed by atoms with Crippen molar-refractivity contribution in [1.82, 2.24) is 0 Å². The van der Waals surface area contributed by atoms with Crippen molar-refractivity contribution in [1.29, 1.82) is 0 Å². The third-order valence-corrected chi connectivity index (χ3v) is 3.29. The molecule has 0 aliphatic carbocycles. The molecule has 0 fully saturated rings. The molecule has 0 saturated carbocycles. The van der Waals surface area contributed by atoms with Crippen LogP contribution in [0.2, 0.25) is 0 Å². The van der Waals surface area contributed by atoms with Crippen molar-refractivity contribution in [2.75, 3.05) is 5.32 Å². The second kappa shape index (κ2) is 6.92. The van der Waals surface area contributed by atoms with Crippen LogP contribution in [0.5, 0.6) is 0 Å². The van der Waals surface area contributed by atoms with Gasteiger partial charge in [0.15, 0.2) is 0 Å². The first-order valence-corrected chi connectivity index (χ1v) is 6.75. The largest absolute Gasteiger partial charge is 0.389 e. The van der Waals surface area contributed by atoms with Crippen molar-refractivity contribution in [3.8, 4) is 0 Å². The van der Waals surface area contributed by atoms with Crippen LogP contribution in [0.15, 0.2) is 22.7 Å². The zero-order valence-corrected chi connectivity index (χ0v) is 12.3. The first-order chi connectivity index (χ1) is 9.19. The molecule has 4 nitrogen and oxygen atoms in total. The fourth-order valence-corrected chi connectivity index (χ4v) is 2.23. The number of halogens is 4. The first kappa shape index (κ1) is 16.7. The van der Waals surface area contributed by atoms with E-state index in [4.69, 9.17) is 0 Å². The van der Waals surface area contributed by atoms with Crippen LogP contribution in [0.25, 0.3) is 0 Å². The SMILES string of the molecule is CC(CCCC(F)(F)F)Nc1ccc([N+](=O)[O-])c(Br)c1. The number of hydrogen-bond acceptors (Lipinski definition) is 3. The van der Waals surface area contributed by atoms with Gasteiger partial charge in [0, 0.05) is 24.2 Å². The van der Waals surface area contributed by atoms with E-state index in [-0.39, 0.29) is 18.2 Å². The molecule has 0 saturated heterocycles. The van der Waals surface area contributed by atoms with Crippen LogP contribution < -0.4 is 5.32 Å². The number of nitrogens with zero attached hydrogens (tertiary/aromatic N) is 1. The van der Waals surface area contributed by atoms with E-state index >= 15 is 0 Å². The standard InChI is InChI=1S/C12H14BrF3N2O2/c1-8(3-2-6-12(14,15)16)17-9-4-5-11(18(19)20)10(13)7-9/h4-5,7-8,17H,2-3,6H2,1H3. The molecule has 0 radical (unpaired) electrons. The van der Waals surface area contributed by atoms with E-state index in [9.17, 15) is 23.3 Å². The lowest BCUT2D eigenvalue weighted by Gasteiger charge is -2.16. The van der Waals surface area contributed by atoms with Crippen molar-refractivity contribution in [3.63, 3.8) is 0 Å². The molecule has 8 heteroatoms. The average Bonchev–Trinajstić information content (AvgIpc) is 2.26. The molecule has 0 aliphatic rings. The van der Waals surface area contributed by atoms with Gasteiger partial charge in [-0.3, -0.25) is 10.1 Å². The van der Waals surface area contributed by atoms with Gasteiger partial charge in [-0.05, 0) is 47.8 Å². The third-order valence-electron chi connectivity index (χ3n) is 2.65. The summed E-state index contributed by atoms with van der Waals surface area (Å²) in [6.07, 6.45) is -4.51. The number of rotatable bonds is 6. The molecule has 0 aromatic heterocycles. The Morgan fingerprint density at radius 3 is 2.60 bits per heavy atom. The van der Waals surface area contributed by atoms with E-state index in [1.807, 2.05) is 0 Å². The Kier molecular flexibility index (Phi) is 5.79. The van der Waals surface area contributed by atoms with Crippen molar-refractivity contribution in [2.45, 2.75) is 38.4 Å². The Morgan fingerprint density at radius 2 is 2.10 bits per heavy atom. The highest BCUT2D eigenvalue weighted by molar-refractivity contribution is 9.10. The molecule has 0 bridgehead atoms. The highest BCUT2D eigenvalue weighted by Crippen LogP contribution is 2.28. The van der Waals surface area contributed by atoms with Crippen LogP contribution in [0.3, 0.4) is 0 Å². The number of alkyl halides is 3. The fourth-order valence-electron chi connectivity index (χ4n) is 1.71. The van der Waals surface area contributed by atoms with Gasteiger partial charge in [-0.25, -0.2) is 0 Å². The lowest BCUT2D eigenvalue weighted by Crippen LogP contribution is -2.16. The fraction of sp³-hybridized carbons (Fsp3) is 0.500. The van der Waals surface area contributed by atoms with Crippen LogP contribution in [0, 0.1) is 10.1 Å². The second-order valence-electron chi connectivity index (χ2n) is 4.48. The number of hydrogen-bond donors (Lipinski definition) is 1. The molecule has 112 valence electrons. The summed E-state index contributed by atoms with van der Waals surface area (Å²) < 4.78 is 36.4. The summed E-state index contributed by atoms with van der Waals surface area (Å²) >= 11 is 3.09. The lowest BCUT2D eigenvalue weighted by atomic mass is 10.1. The summed E-state index contributed by atoms with van der Waals surface area (Å²) in [5.41, 5.74) is 0.572. The highest BCUT2D eigenvalue weighted by Gasteiger charge is 2.26. The molecule has 1 aromatic carbocycles. The van der Waals surface area contributed by atoms with E-state index in [2.05, 4.69) is 21.2 Å². The summed E-state index contributed by atoms with van der Waals surface area (Å²) in [6.45, 7) is 1.77. The monoisotopic (exact) mass is 354 g/mol. The van der Waals surface area contributed by atoms with Gasteiger partial charge >= 0.3 is 6.18 Å². The molecule has 1 atom stereocenters. The minimum Gasteiger partial charge on any atom is -0.383 e. The minimum absolute atomic E-state index is 0.0474. The molecule has 0 amide bonds. The van der Waals surface area contributed by atoms with E-state index in [1.54, 1.807) is 13.0 Å². The Hall–Kier alpha value is -1.31. The molecule has 0 spiro atoms. The lowest BCUT2D eigenvalue weighted by molar-refractivity contribution is -0.385. The summed E-state index contributed by atoms with van der Waals surface area (Å²) in [6, 6.07) is 4.27. The first-order valence-electron chi connectivity index (χ1n) is 5.96. The van der Waals surface area contributed by atoms with Gasteiger partial charge < -0.3 is 5.32 Å². The normalized spacial score (nSPS) is 13.1. The van der Waals surface area contributed by atoms with Gasteiger partial charge in [0.25, 0.3) is 5.69 Å². The molecule has 0 aliphatic heterocycles. The van der Waals surface area contributed by atoms with Crippen molar-refractivity contribution in [3.05, 3.63) is 32.8 Å². The molecule has 1 rings (SSSR count). The molecular weight excluding hydrogens is 341 g/mol. The van der Waals surface area contributed by atoms with Crippen molar-refractivity contribution >= 4 is 27.3 Å². The van der Waals surface area contributed by atoms with Crippen LogP contribution in [0.1, 0.15) is 26.2 Å². The van der Waals surface area contributed by atoms with Gasteiger partial charge in [0.1, 0.15) is 0 Å². The Balaban J connectivity index is 2.52. The number of nitro benzene ring substituents is 1. The summed E-state index contributed by atoms with van der Waals surface area (Å²) in [4.78, 5) is 10.1. The van der Waals surface area contributed by atoms with Gasteiger partial charge in [-0.1, -0.05) is 0 Å². The van der Waals surface area contributed by atoms with Crippen LogP contribution in [0.4, 0.5) is 24.5 Å². The van der Waals surface area contributed by atoms with Gasteiger partial charge in [0.05, 0.1) is 9.40 Å². The minimum atomic E-state index is -4.13. The van der Waals surface area contributed by atoms with E-state index in [0.717, 1.165) is 0 Å². The topological polar surface area (TPSA) is 55.2 Å². The number of anilines is 1. The number of nitrogens with one attached hydrogen (secondary N) is 1. The Bertz CT molecular complexity index is 480. The molecular formula is C12H14BrF3N2O2. The number of nitro groups is 1. The van der Waals surface area contributed by atoms with Crippen molar-refractivity contribution < 1.29 is 18.1 Å². The molecule has 1 N–H and O–H groups in total. The quantitative estimate of drug-likeness (QED) is 0.584. The van der Waals surface area contributed by atoms with Crippen LogP contribution in [-0.4, -0.2) is 17.1 Å². The maximum atomic E-state index is 12.0. The maximum absolute atomic E-state index is 12.0. The Labute approximate surface area is 122 Å². The average molecular weight is 355 g/mol. The van der Waals surface area contributed by atoms with Crippen molar-refractivity contribution in [2.24, 2.45) is 0 Å². The van der Waals surface area contributed by atoms with E-state index in [0.29, 0.717) is 16.6 Å². The smallest absolute Gasteiger partial charge is 0.383 e. The summed E-state index contributed by atoms with van der Waals surface area (Å²) in [5.74, 6) is 0. The number of benzene rings is 1. The predicted octanol–water partition coefficient (Wildman–Crippen LogP) is 4.89. The van der Waals surface area contributed by atoms with Gasteiger partial charge in [-0.2, -0.15) is 13.2 Å². The van der Waals surface area contributed by atoms with Gasteiger partial charge in [-0.15, -0.1) is 0 Å². The van der Waals surface area contributed by atoms with Crippen LogP contribution in [-0.2, 0) is 0 Å². The zero-order chi connectivity index (χ0) is 15.3. The van der Waals surface area contributed by atoms with Gasteiger partial charge in [0.2, 0.25) is 0 Å². The predicted molar refractivity (Wildman–Crippen MR) is 73.8 cm³/mol. The molecule has 20 heavy (non-hydrogen) atoms. The molecule has 1 unspecified atom stereocenters. The second-order valence-corrected chi connectivity index (χ2v) is 5.33. The summed E-state index contributed by atoms with van der Waals surface area (Å²) in [7, 11) is 0. The molecule has 1 aromatic rings. The summed E-state index contributed by atoms with van der Waals surface area (Å²) in [5, 5.41) is 13.7.